The van der Waals surface area contributed by atoms with E-state index in [2.05, 4.69) is 50.5 Å². The Kier molecular flexibility index (Phi) is 26.9. The van der Waals surface area contributed by atoms with Crippen LogP contribution in [0.4, 0.5) is 5.69 Å². The average molecular weight is 1180 g/mol. The number of carbonyl (C=O) groups is 3. The van der Waals surface area contributed by atoms with Crippen LogP contribution in [0, 0.1) is 7.14 Å². The van der Waals surface area contributed by atoms with E-state index in [-0.39, 0.29) is 17.5 Å². The minimum absolute atomic E-state index is 0.000399. The van der Waals surface area contributed by atoms with Gasteiger partial charge in [-0.25, -0.2) is 0 Å². The van der Waals surface area contributed by atoms with Gasteiger partial charge in [-0.15, -0.1) is 0 Å². The molecule has 1 amide bonds. The van der Waals surface area contributed by atoms with Crippen LogP contribution in [0.25, 0.3) is 12.2 Å². The number of rotatable bonds is 15. The molecule has 4 aromatic rings. The quantitative estimate of drug-likeness (QED) is 0.0164. The number of carbonyl (C=O) groups excluding carboxylic acids is 3. The number of hydrogen-bond donors (Lipinski definition) is 5. The van der Waals surface area contributed by atoms with Gasteiger partial charge in [-0.3, -0.25) is 14.4 Å². The Bertz CT molecular complexity index is 1790. The number of nitrogens with one attached hydrogen (secondary N) is 1. The van der Waals surface area contributed by atoms with E-state index in [0.29, 0.717) is 39.8 Å². The molecule has 4 radical (unpaired) electrons. The van der Waals surface area contributed by atoms with Crippen molar-refractivity contribution in [3.63, 3.8) is 0 Å². The SMILES string of the molecule is NCCCCCCC(=O)Nc1ccc(C(=O)/C=C/c2ccc(I)cc2)cc1.O=C(/C=C/c1ccc(I)cc1)c1ccc(B(O)O)cc1.[3H]I([B])C.[3H]I([B])CN. The van der Waals surface area contributed by atoms with Crippen molar-refractivity contribution in [2.75, 3.05) is 21.3 Å². The summed E-state index contributed by atoms with van der Waals surface area (Å²) in [5.74, 6) is -0.186. The minimum atomic E-state index is -1.75. The molecule has 0 spiro atoms. The van der Waals surface area contributed by atoms with E-state index in [9.17, 15) is 14.4 Å². The zero-order valence-corrected chi connectivity index (χ0v) is 38.6. The fourth-order valence-electron chi connectivity index (χ4n) is 4.23. The molecule has 54 heavy (non-hydrogen) atoms. The van der Waals surface area contributed by atoms with E-state index in [4.69, 9.17) is 34.1 Å². The first-order valence-electron chi connectivity index (χ1n) is 17.4. The van der Waals surface area contributed by atoms with Crippen LogP contribution < -0.4 is 22.2 Å². The van der Waals surface area contributed by atoms with Crippen LogP contribution >= 0.6 is 86.8 Å². The van der Waals surface area contributed by atoms with Gasteiger partial charge in [0.05, 0.1) is 0 Å². The fraction of sp³-hybridized carbons (Fsp3) is 0.205. The molecule has 0 heterocycles. The van der Waals surface area contributed by atoms with Crippen LogP contribution in [0.5, 0.6) is 0 Å². The standard InChI is InChI=1S/C22H25IN2O2.C15H12BIO3.CH5BIN.CH4BI/c23-19-11-6-17(7-12-19)8-15-21(26)18-9-13-20(14-10-18)25-22(27)5-3-1-2-4-16-24;17-14-8-1-11(2-9-14)3-10-15(18)12-4-6-13(7-5-12)16(19)20;2-3-1-4;1-3-2/h6-15H,1-5,16,24H2,(H,25,27);1-10,19-20H;3H,1,4H2;3H,1H3/b15-8+;10-3+;;/i;;2*3T. The fourth-order valence-corrected chi connectivity index (χ4v) is 4.95. The van der Waals surface area contributed by atoms with E-state index in [1.165, 1.54) is 18.2 Å². The Hall–Kier alpha value is -1.88. The van der Waals surface area contributed by atoms with E-state index in [1.54, 1.807) is 59.6 Å². The van der Waals surface area contributed by atoms with Crippen molar-refractivity contribution in [1.29, 1.82) is 1.19 Å². The predicted octanol–water partition coefficient (Wildman–Crippen LogP) is 6.99. The molecule has 15 heteroatoms. The normalized spacial score (nSPS) is 11.3. The van der Waals surface area contributed by atoms with Crippen LogP contribution in [0.2, 0.25) is 0 Å². The maximum absolute atomic E-state index is 12.3. The van der Waals surface area contributed by atoms with E-state index in [1.807, 2.05) is 48.5 Å². The zero-order valence-electron chi connectivity index (χ0n) is 32.0. The van der Waals surface area contributed by atoms with Gasteiger partial charge in [-0.05, 0) is 142 Å². The van der Waals surface area contributed by atoms with Crippen LogP contribution in [-0.2, 0) is 4.79 Å². The van der Waals surface area contributed by atoms with Crippen molar-refractivity contribution in [1.82, 2.24) is 0 Å². The van der Waals surface area contributed by atoms with E-state index < -0.39 is 48.7 Å². The monoisotopic (exact) mass is 1180 g/mol. The van der Waals surface area contributed by atoms with E-state index >= 15 is 0 Å². The van der Waals surface area contributed by atoms with Gasteiger partial charge in [-0.1, -0.05) is 73.5 Å². The Labute approximate surface area is 371 Å². The number of halogens is 4. The van der Waals surface area contributed by atoms with Crippen molar-refractivity contribution >= 4 is 146 Å². The van der Waals surface area contributed by atoms with Gasteiger partial charge in [0.15, 0.2) is 11.6 Å². The molecular weight excluding hydrogens is 1130 g/mol. The third-order valence-electron chi connectivity index (χ3n) is 6.99. The number of ketones is 2. The number of unbranched alkanes of at least 4 members (excludes halogenated alkanes) is 3. The van der Waals surface area contributed by atoms with Crippen LogP contribution in [-0.4, -0.2) is 63.3 Å². The van der Waals surface area contributed by atoms with Gasteiger partial charge in [0.2, 0.25) is 5.91 Å². The van der Waals surface area contributed by atoms with Gasteiger partial charge in [0.1, 0.15) is 0 Å². The number of hydrogen-bond acceptors (Lipinski definition) is 7. The Morgan fingerprint density at radius 3 is 1.54 bits per heavy atom. The van der Waals surface area contributed by atoms with Crippen molar-refractivity contribution in [3.8, 4) is 0 Å². The molecule has 0 aliphatic heterocycles. The first-order valence-corrected chi connectivity index (χ1v) is 25.0. The van der Waals surface area contributed by atoms with Gasteiger partial charge in [0.25, 0.3) is 0 Å². The summed E-state index contributed by atoms with van der Waals surface area (Å²) in [6.45, 7) is 0.706. The number of anilines is 1. The molecule has 0 fully saturated rings. The average Bonchev–Trinajstić information content (AvgIpc) is 3.17. The second kappa shape index (κ2) is 31.2. The van der Waals surface area contributed by atoms with Gasteiger partial charge in [0, 0.05) is 30.4 Å². The number of alkyl halides is 2. The molecule has 8 nitrogen and oxygen atoms in total. The molecule has 0 aromatic heterocycles. The number of allylic oxidation sites excluding steroid dienone is 2. The summed E-state index contributed by atoms with van der Waals surface area (Å²) in [7, 11) is -1.51. The van der Waals surface area contributed by atoms with Crippen LogP contribution in [0.3, 0.4) is 0 Å². The van der Waals surface area contributed by atoms with Crippen LogP contribution in [0.1, 0.15) is 63.9 Å². The summed E-state index contributed by atoms with van der Waals surface area (Å²) in [6.07, 6.45) is 11.1. The summed E-state index contributed by atoms with van der Waals surface area (Å²) >= 11 is 1.20. The third kappa shape index (κ3) is 23.3. The molecule has 284 valence electrons. The Balaban J connectivity index is 0.000000472. The third-order valence-corrected chi connectivity index (χ3v) is 8.93. The molecule has 7 N–H and O–H groups in total. The summed E-state index contributed by atoms with van der Waals surface area (Å²) in [6, 6.07) is 29.0. The van der Waals surface area contributed by atoms with Crippen molar-refractivity contribution in [2.45, 2.75) is 32.1 Å². The molecule has 0 aliphatic carbocycles. The molecule has 0 saturated carbocycles. The first-order chi connectivity index (χ1) is 26.6. The molecule has 0 bridgehead atoms. The molecular formula is C39H46B3I4N3O5. The van der Waals surface area contributed by atoms with Gasteiger partial charge in [-0.2, -0.15) is 0 Å². The predicted molar refractivity (Wildman–Crippen MR) is 266 cm³/mol. The number of amides is 1. The Morgan fingerprint density at radius 2 is 1.15 bits per heavy atom. The number of nitrogens with two attached hydrogens (primary N) is 2. The number of benzene rings is 4. The van der Waals surface area contributed by atoms with Crippen molar-refractivity contribution in [3.05, 3.63) is 139 Å². The summed E-state index contributed by atoms with van der Waals surface area (Å²) in [4.78, 5) is 37.9. The summed E-state index contributed by atoms with van der Waals surface area (Å²) < 4.78 is 15.9. The molecule has 0 aliphatic rings. The molecule has 4 rings (SSSR count). The topological polar surface area (TPSA) is 156 Å². The van der Waals surface area contributed by atoms with Crippen molar-refractivity contribution in [2.24, 2.45) is 11.5 Å². The molecule has 4 aromatic carbocycles. The van der Waals surface area contributed by atoms with Crippen LogP contribution in [0.15, 0.2) is 109 Å². The van der Waals surface area contributed by atoms with E-state index in [0.717, 1.165) is 44.0 Å². The summed E-state index contributed by atoms with van der Waals surface area (Å²) in [5.41, 5.74) is 24.4. The molecule has 0 saturated heterocycles. The van der Waals surface area contributed by atoms with Gasteiger partial charge < -0.3 is 21.1 Å². The summed E-state index contributed by atoms with van der Waals surface area (Å²) in [5, 5.41) is 20.8. The van der Waals surface area contributed by atoms with Gasteiger partial charge >= 0.3 is 76.5 Å². The Morgan fingerprint density at radius 1 is 0.741 bits per heavy atom. The molecule has 0 atom stereocenters. The second-order valence-corrected chi connectivity index (χ2v) is 16.6. The van der Waals surface area contributed by atoms with Crippen molar-refractivity contribution < 1.29 is 24.4 Å². The second-order valence-electron chi connectivity index (χ2n) is 11.1. The molecule has 0 unspecified atom stereocenters. The first kappa shape index (κ1) is 46.5. The maximum atomic E-state index is 12.3. The zero-order chi connectivity index (χ0) is 41.9.